The number of hydrogen-bond donors (Lipinski definition) is 1. The molecule has 2 aromatic carbocycles. The Morgan fingerprint density at radius 2 is 1.77 bits per heavy atom. The largest absolute Gasteiger partial charge is 0.372 e. The van der Waals surface area contributed by atoms with Crippen molar-refractivity contribution in [2.75, 3.05) is 18.0 Å². The van der Waals surface area contributed by atoms with Gasteiger partial charge >= 0.3 is 0 Å². The lowest BCUT2D eigenvalue weighted by Gasteiger charge is -2.20. The van der Waals surface area contributed by atoms with Crippen LogP contribution in [0.2, 0.25) is 0 Å². The molecule has 1 aromatic heterocycles. The summed E-state index contributed by atoms with van der Waals surface area (Å²) in [5.74, 6) is -0.368. The molecule has 0 saturated heterocycles. The Morgan fingerprint density at radius 1 is 1.10 bits per heavy atom. The van der Waals surface area contributed by atoms with Crippen LogP contribution in [0.3, 0.4) is 0 Å². The van der Waals surface area contributed by atoms with Gasteiger partial charge in [-0.2, -0.15) is 10.2 Å². The molecule has 0 unspecified atom stereocenters. The van der Waals surface area contributed by atoms with Crippen LogP contribution in [-0.2, 0) is 6.54 Å². The third-order valence-corrected chi connectivity index (χ3v) is 5.70. The van der Waals surface area contributed by atoms with Crippen molar-refractivity contribution in [1.82, 2.24) is 15.2 Å². The van der Waals surface area contributed by atoms with E-state index in [0.717, 1.165) is 28.7 Å². The van der Waals surface area contributed by atoms with Crippen LogP contribution >= 0.6 is 31.9 Å². The predicted molar refractivity (Wildman–Crippen MR) is 128 cm³/mol. The molecular formula is C22H23Br2N5O. The summed E-state index contributed by atoms with van der Waals surface area (Å²) in [7, 11) is 0. The number of hydrazone groups is 1. The number of nitrogens with one attached hydrogen (secondary N) is 1. The number of nitrogens with zero attached hydrogens (tertiary/aromatic N) is 4. The standard InChI is InChI=1S/C22H23Br2N5O/c1-3-28(4-2)19-11-7-16(8-12-19)13-25-26-22(30)21-20(24)15-29(27-21)14-17-5-9-18(23)10-6-17/h5-13,15H,3-4,14H2,1-2H3,(H,26,30)/b25-13+. The van der Waals surface area contributed by atoms with E-state index in [9.17, 15) is 4.79 Å². The molecule has 0 spiro atoms. The van der Waals surface area contributed by atoms with Crippen LogP contribution in [0, 0.1) is 0 Å². The van der Waals surface area contributed by atoms with E-state index in [2.05, 4.69) is 78.4 Å². The molecule has 0 aliphatic carbocycles. The van der Waals surface area contributed by atoms with Gasteiger partial charge in [0.05, 0.1) is 17.2 Å². The summed E-state index contributed by atoms with van der Waals surface area (Å²) in [6.07, 6.45) is 3.41. The Hall–Kier alpha value is -2.45. The van der Waals surface area contributed by atoms with Gasteiger partial charge in [-0.25, -0.2) is 5.43 Å². The number of anilines is 1. The minimum absolute atomic E-state index is 0.293. The molecule has 3 rings (SSSR count). The summed E-state index contributed by atoms with van der Waals surface area (Å²) in [5.41, 5.74) is 6.00. The van der Waals surface area contributed by atoms with Crippen molar-refractivity contribution in [2.45, 2.75) is 20.4 Å². The number of rotatable bonds is 8. The molecule has 6 nitrogen and oxygen atoms in total. The predicted octanol–water partition coefficient (Wildman–Crippen LogP) is 5.07. The van der Waals surface area contributed by atoms with Gasteiger partial charge in [-0.3, -0.25) is 9.48 Å². The summed E-state index contributed by atoms with van der Waals surface area (Å²) in [6.45, 7) is 6.76. The summed E-state index contributed by atoms with van der Waals surface area (Å²) in [4.78, 5) is 14.7. The normalized spacial score (nSPS) is 11.1. The highest BCUT2D eigenvalue weighted by molar-refractivity contribution is 9.10. The van der Waals surface area contributed by atoms with Crippen LogP contribution in [0.15, 0.2) is 68.8 Å². The lowest BCUT2D eigenvalue weighted by Crippen LogP contribution is -2.21. The summed E-state index contributed by atoms with van der Waals surface area (Å²) in [6, 6.07) is 16.0. The Balaban J connectivity index is 1.60. The first-order chi connectivity index (χ1) is 14.5. The molecule has 30 heavy (non-hydrogen) atoms. The number of carbonyl (C=O) groups excluding carboxylic acids is 1. The topological polar surface area (TPSA) is 62.5 Å². The van der Waals surface area contributed by atoms with E-state index in [-0.39, 0.29) is 5.91 Å². The van der Waals surface area contributed by atoms with Gasteiger partial charge in [0.2, 0.25) is 0 Å². The fourth-order valence-corrected chi connectivity index (χ4v) is 3.75. The van der Waals surface area contributed by atoms with Crippen molar-refractivity contribution in [3.8, 4) is 0 Å². The molecule has 1 amide bonds. The maximum absolute atomic E-state index is 12.4. The number of amides is 1. The number of hydrogen-bond acceptors (Lipinski definition) is 4. The van der Waals surface area contributed by atoms with Gasteiger partial charge in [0, 0.05) is 29.4 Å². The maximum atomic E-state index is 12.4. The zero-order chi connectivity index (χ0) is 21.5. The molecule has 0 atom stereocenters. The number of halogens is 2. The van der Waals surface area contributed by atoms with E-state index in [1.54, 1.807) is 17.1 Å². The minimum Gasteiger partial charge on any atom is -0.372 e. The average molecular weight is 533 g/mol. The molecule has 0 bridgehead atoms. The van der Waals surface area contributed by atoms with E-state index in [4.69, 9.17) is 0 Å². The van der Waals surface area contributed by atoms with E-state index in [1.165, 1.54) is 5.69 Å². The first-order valence-electron chi connectivity index (χ1n) is 9.66. The molecule has 0 aliphatic rings. The van der Waals surface area contributed by atoms with Gasteiger partial charge in [-0.05, 0) is 65.2 Å². The molecule has 8 heteroatoms. The van der Waals surface area contributed by atoms with Crippen LogP contribution in [0.4, 0.5) is 5.69 Å². The van der Waals surface area contributed by atoms with Crippen molar-refractivity contribution < 1.29 is 4.79 Å². The van der Waals surface area contributed by atoms with Gasteiger partial charge in [0.15, 0.2) is 5.69 Å². The zero-order valence-corrected chi connectivity index (χ0v) is 20.0. The molecule has 156 valence electrons. The van der Waals surface area contributed by atoms with Crippen LogP contribution in [0.5, 0.6) is 0 Å². The zero-order valence-electron chi connectivity index (χ0n) is 16.8. The molecule has 1 N–H and O–H groups in total. The fourth-order valence-electron chi connectivity index (χ4n) is 2.99. The maximum Gasteiger partial charge on any atom is 0.293 e. The second kappa shape index (κ2) is 10.5. The second-order valence-corrected chi connectivity index (χ2v) is 8.38. The second-order valence-electron chi connectivity index (χ2n) is 6.61. The van der Waals surface area contributed by atoms with Crippen molar-refractivity contribution in [1.29, 1.82) is 0 Å². The highest BCUT2D eigenvalue weighted by Gasteiger charge is 2.15. The Morgan fingerprint density at radius 3 is 2.40 bits per heavy atom. The molecule has 0 radical (unpaired) electrons. The molecular weight excluding hydrogens is 510 g/mol. The molecule has 1 heterocycles. The third kappa shape index (κ3) is 5.79. The van der Waals surface area contributed by atoms with Gasteiger partial charge in [0.1, 0.15) is 0 Å². The molecule has 0 saturated carbocycles. The van der Waals surface area contributed by atoms with E-state index < -0.39 is 0 Å². The first-order valence-corrected chi connectivity index (χ1v) is 11.2. The molecule has 0 fully saturated rings. The van der Waals surface area contributed by atoms with Crippen molar-refractivity contribution >= 4 is 49.7 Å². The van der Waals surface area contributed by atoms with Crippen molar-refractivity contribution in [3.05, 3.63) is 80.5 Å². The van der Waals surface area contributed by atoms with Crippen molar-refractivity contribution in [2.24, 2.45) is 5.10 Å². The van der Waals surface area contributed by atoms with E-state index in [1.807, 2.05) is 36.4 Å². The van der Waals surface area contributed by atoms with Gasteiger partial charge in [0.25, 0.3) is 5.91 Å². The number of aromatic nitrogens is 2. The lowest BCUT2D eigenvalue weighted by atomic mass is 10.2. The summed E-state index contributed by atoms with van der Waals surface area (Å²) < 4.78 is 3.36. The van der Waals surface area contributed by atoms with Crippen LogP contribution in [-0.4, -0.2) is 35.0 Å². The number of carbonyl (C=O) groups is 1. The SMILES string of the molecule is CCN(CC)c1ccc(/C=N/NC(=O)c2nn(Cc3ccc(Br)cc3)cc2Br)cc1. The lowest BCUT2D eigenvalue weighted by molar-refractivity contribution is 0.0948. The molecule has 0 aliphatic heterocycles. The fraction of sp³-hybridized carbons (Fsp3) is 0.227. The highest BCUT2D eigenvalue weighted by atomic mass is 79.9. The number of benzene rings is 2. The van der Waals surface area contributed by atoms with E-state index in [0.29, 0.717) is 16.7 Å². The summed E-state index contributed by atoms with van der Waals surface area (Å²) >= 11 is 6.83. The monoisotopic (exact) mass is 531 g/mol. The Labute approximate surface area is 193 Å². The van der Waals surface area contributed by atoms with Gasteiger partial charge in [-0.15, -0.1) is 0 Å². The Bertz CT molecular complexity index is 1010. The van der Waals surface area contributed by atoms with Crippen LogP contribution in [0.1, 0.15) is 35.5 Å². The van der Waals surface area contributed by atoms with Gasteiger partial charge in [-0.1, -0.05) is 40.2 Å². The van der Waals surface area contributed by atoms with Gasteiger partial charge < -0.3 is 4.90 Å². The smallest absolute Gasteiger partial charge is 0.293 e. The average Bonchev–Trinajstić information content (AvgIpc) is 3.12. The summed E-state index contributed by atoms with van der Waals surface area (Å²) in [5, 5.41) is 8.43. The minimum atomic E-state index is -0.368. The van der Waals surface area contributed by atoms with Crippen molar-refractivity contribution in [3.63, 3.8) is 0 Å². The molecule has 3 aromatic rings. The van der Waals surface area contributed by atoms with Crippen LogP contribution in [0.25, 0.3) is 0 Å². The highest BCUT2D eigenvalue weighted by Crippen LogP contribution is 2.17. The quantitative estimate of drug-likeness (QED) is 0.325. The van der Waals surface area contributed by atoms with Crippen LogP contribution < -0.4 is 10.3 Å². The van der Waals surface area contributed by atoms with E-state index >= 15 is 0 Å². The Kier molecular flexibility index (Phi) is 7.81. The first kappa shape index (κ1) is 22.2. The third-order valence-electron chi connectivity index (χ3n) is 4.59.